The maximum absolute atomic E-state index is 9.38. The Morgan fingerprint density at radius 2 is 1.90 bits per heavy atom. The van der Waals surface area contributed by atoms with E-state index in [-0.39, 0.29) is 6.61 Å². The Bertz CT molecular complexity index is 951. The van der Waals surface area contributed by atoms with Crippen LogP contribution in [0.2, 0.25) is 0 Å². The molecule has 4 rings (SSSR count). The molecular formula is C23H30N4O3. The summed E-state index contributed by atoms with van der Waals surface area (Å²) in [5.41, 5.74) is 2.89. The maximum Gasteiger partial charge on any atom is 0.142 e. The fraction of sp³-hybridized carbons (Fsp3) is 0.435. The number of hydrogen-bond acceptors (Lipinski definition) is 6. The van der Waals surface area contributed by atoms with Crippen LogP contribution in [0.1, 0.15) is 18.4 Å². The number of nitrogens with zero attached hydrogens (tertiary/aromatic N) is 4. The number of aromatic nitrogens is 2. The third kappa shape index (κ3) is 4.68. The molecule has 1 aliphatic rings. The van der Waals surface area contributed by atoms with Gasteiger partial charge < -0.3 is 19.5 Å². The summed E-state index contributed by atoms with van der Waals surface area (Å²) >= 11 is 0. The molecule has 1 aliphatic heterocycles. The van der Waals surface area contributed by atoms with Crippen LogP contribution in [0.4, 0.5) is 5.69 Å². The summed E-state index contributed by atoms with van der Waals surface area (Å²) in [4.78, 5) is 4.93. The highest BCUT2D eigenvalue weighted by atomic mass is 16.5. The van der Waals surface area contributed by atoms with Gasteiger partial charge in [-0.15, -0.1) is 0 Å². The van der Waals surface area contributed by atoms with E-state index in [1.807, 2.05) is 30.5 Å². The highest BCUT2D eigenvalue weighted by Crippen LogP contribution is 2.28. The van der Waals surface area contributed by atoms with E-state index in [0.717, 1.165) is 68.1 Å². The zero-order chi connectivity index (χ0) is 20.8. The van der Waals surface area contributed by atoms with E-state index < -0.39 is 0 Å². The monoisotopic (exact) mass is 410 g/mol. The van der Waals surface area contributed by atoms with Gasteiger partial charge >= 0.3 is 0 Å². The van der Waals surface area contributed by atoms with E-state index in [1.54, 1.807) is 17.8 Å². The van der Waals surface area contributed by atoms with Gasteiger partial charge in [0.05, 0.1) is 37.7 Å². The smallest absolute Gasteiger partial charge is 0.142 e. The van der Waals surface area contributed by atoms with Crippen molar-refractivity contribution in [1.29, 1.82) is 0 Å². The van der Waals surface area contributed by atoms with Crippen LogP contribution in [-0.2, 0) is 6.61 Å². The number of piperazine rings is 1. The van der Waals surface area contributed by atoms with Gasteiger partial charge in [-0.1, -0.05) is 12.1 Å². The molecule has 1 saturated heterocycles. The number of benzene rings is 1. The molecule has 0 unspecified atom stereocenters. The van der Waals surface area contributed by atoms with Crippen molar-refractivity contribution in [3.05, 3.63) is 54.4 Å². The number of unbranched alkanes of at least 4 members (excludes halogenated alkanes) is 1. The number of rotatable bonds is 9. The van der Waals surface area contributed by atoms with Crippen LogP contribution in [0, 0.1) is 0 Å². The summed E-state index contributed by atoms with van der Waals surface area (Å²) < 4.78 is 13.2. The molecule has 0 radical (unpaired) electrons. The molecule has 0 amide bonds. The minimum Gasteiger partial charge on any atom is -0.495 e. The molecule has 7 heteroatoms. The van der Waals surface area contributed by atoms with Crippen molar-refractivity contribution in [1.82, 2.24) is 14.5 Å². The van der Waals surface area contributed by atoms with Gasteiger partial charge in [-0.05, 0) is 37.6 Å². The Morgan fingerprint density at radius 1 is 1.07 bits per heavy atom. The van der Waals surface area contributed by atoms with Gasteiger partial charge in [-0.25, -0.2) is 4.52 Å². The lowest BCUT2D eigenvalue weighted by atomic mass is 10.2. The van der Waals surface area contributed by atoms with Crippen molar-refractivity contribution in [3.63, 3.8) is 0 Å². The Hall–Kier alpha value is -2.77. The van der Waals surface area contributed by atoms with Crippen LogP contribution in [-0.4, -0.2) is 66.1 Å². The molecule has 0 spiro atoms. The summed E-state index contributed by atoms with van der Waals surface area (Å²) in [5.74, 6) is 1.77. The van der Waals surface area contributed by atoms with Crippen molar-refractivity contribution in [2.75, 3.05) is 51.3 Å². The number of pyridine rings is 1. The molecule has 0 bridgehead atoms. The summed E-state index contributed by atoms with van der Waals surface area (Å²) in [7, 11) is 1.73. The molecule has 1 aromatic carbocycles. The zero-order valence-electron chi connectivity index (χ0n) is 17.5. The van der Waals surface area contributed by atoms with Crippen molar-refractivity contribution in [3.8, 4) is 11.5 Å². The fourth-order valence-corrected chi connectivity index (χ4v) is 3.95. The van der Waals surface area contributed by atoms with Gasteiger partial charge in [0.25, 0.3) is 0 Å². The first kappa shape index (κ1) is 20.5. The number of aliphatic hydroxyl groups excluding tert-OH is 1. The topological polar surface area (TPSA) is 62.5 Å². The predicted octanol–water partition coefficient (Wildman–Crippen LogP) is 2.82. The molecule has 0 saturated carbocycles. The average Bonchev–Trinajstić information content (AvgIpc) is 3.21. The lowest BCUT2D eigenvalue weighted by Gasteiger charge is -2.36. The Kier molecular flexibility index (Phi) is 6.71. The molecule has 160 valence electrons. The molecule has 7 nitrogen and oxygen atoms in total. The number of methoxy groups -OCH3 is 1. The second-order valence-electron chi connectivity index (χ2n) is 7.58. The van der Waals surface area contributed by atoms with E-state index in [4.69, 9.17) is 9.47 Å². The Labute approximate surface area is 177 Å². The second kappa shape index (κ2) is 9.82. The van der Waals surface area contributed by atoms with Crippen molar-refractivity contribution in [2.45, 2.75) is 19.4 Å². The van der Waals surface area contributed by atoms with Crippen molar-refractivity contribution >= 4 is 11.2 Å². The maximum atomic E-state index is 9.38. The lowest BCUT2D eigenvalue weighted by molar-refractivity contribution is 0.238. The number of hydrogen-bond donors (Lipinski definition) is 1. The minimum absolute atomic E-state index is 0.0166. The molecule has 1 N–H and O–H groups in total. The fourth-order valence-electron chi connectivity index (χ4n) is 3.95. The summed E-state index contributed by atoms with van der Waals surface area (Å²) in [6.07, 6.45) is 5.69. The predicted molar refractivity (Wildman–Crippen MR) is 117 cm³/mol. The van der Waals surface area contributed by atoms with E-state index >= 15 is 0 Å². The van der Waals surface area contributed by atoms with E-state index in [2.05, 4.69) is 27.0 Å². The van der Waals surface area contributed by atoms with Crippen LogP contribution < -0.4 is 14.4 Å². The first-order valence-electron chi connectivity index (χ1n) is 10.6. The molecule has 1 fully saturated rings. The van der Waals surface area contributed by atoms with Gasteiger partial charge in [0, 0.05) is 44.0 Å². The molecule has 3 heterocycles. The highest BCUT2D eigenvalue weighted by molar-refractivity contribution is 5.58. The van der Waals surface area contributed by atoms with Gasteiger partial charge in [-0.3, -0.25) is 4.90 Å². The van der Waals surface area contributed by atoms with Crippen LogP contribution in [0.25, 0.3) is 5.52 Å². The Balaban J connectivity index is 1.17. The molecule has 0 aliphatic carbocycles. The van der Waals surface area contributed by atoms with Crippen LogP contribution in [0.5, 0.6) is 11.5 Å². The average molecular weight is 411 g/mol. The minimum atomic E-state index is -0.0166. The molecule has 0 atom stereocenters. The van der Waals surface area contributed by atoms with Gasteiger partial charge in [-0.2, -0.15) is 5.10 Å². The number of fused-ring (bicyclic) bond motifs is 1. The lowest BCUT2D eigenvalue weighted by Crippen LogP contribution is -2.46. The first-order valence-corrected chi connectivity index (χ1v) is 10.6. The molecular weight excluding hydrogens is 380 g/mol. The van der Waals surface area contributed by atoms with E-state index in [0.29, 0.717) is 6.61 Å². The SMILES string of the molecule is COc1ccccc1N1CCN(CCCCOc2ccn3ncc(CO)c3c2)CC1. The van der Waals surface area contributed by atoms with Gasteiger partial charge in [0.15, 0.2) is 0 Å². The first-order chi connectivity index (χ1) is 14.8. The largest absolute Gasteiger partial charge is 0.495 e. The number of ether oxygens (including phenoxy) is 2. The summed E-state index contributed by atoms with van der Waals surface area (Å²) in [6.45, 7) is 5.96. The number of para-hydroxylation sites is 2. The third-order valence-electron chi connectivity index (χ3n) is 5.68. The number of anilines is 1. The van der Waals surface area contributed by atoms with Crippen LogP contribution in [0.15, 0.2) is 48.8 Å². The quantitative estimate of drug-likeness (QED) is 0.548. The summed E-state index contributed by atoms with van der Waals surface area (Å²) in [5, 5.41) is 13.6. The normalized spacial score (nSPS) is 14.9. The van der Waals surface area contributed by atoms with Gasteiger partial charge in [0.1, 0.15) is 11.5 Å². The van der Waals surface area contributed by atoms with Crippen molar-refractivity contribution < 1.29 is 14.6 Å². The van der Waals surface area contributed by atoms with Gasteiger partial charge in [0.2, 0.25) is 0 Å². The summed E-state index contributed by atoms with van der Waals surface area (Å²) in [6, 6.07) is 12.1. The molecule has 30 heavy (non-hydrogen) atoms. The zero-order valence-corrected chi connectivity index (χ0v) is 17.5. The van der Waals surface area contributed by atoms with Crippen LogP contribution in [0.3, 0.4) is 0 Å². The van der Waals surface area contributed by atoms with Crippen molar-refractivity contribution in [2.24, 2.45) is 0 Å². The van der Waals surface area contributed by atoms with E-state index in [1.165, 1.54) is 5.69 Å². The number of aliphatic hydroxyl groups is 1. The highest BCUT2D eigenvalue weighted by Gasteiger charge is 2.19. The Morgan fingerprint density at radius 3 is 2.70 bits per heavy atom. The molecule has 3 aromatic rings. The standard InChI is InChI=1S/C23H30N4O3/c1-29-23-7-3-2-6-21(23)26-13-11-25(12-14-26)9-4-5-15-30-20-8-10-27-22(16-20)19(18-28)17-24-27/h2-3,6-8,10,16-17,28H,4-5,9,11-15,18H2,1H3. The third-order valence-corrected chi connectivity index (χ3v) is 5.68. The molecule has 2 aromatic heterocycles. The van der Waals surface area contributed by atoms with Crippen LogP contribution >= 0.6 is 0 Å². The van der Waals surface area contributed by atoms with E-state index in [9.17, 15) is 5.11 Å². The second-order valence-corrected chi connectivity index (χ2v) is 7.58.